The van der Waals surface area contributed by atoms with Gasteiger partial charge in [-0.15, -0.1) is 0 Å². The third-order valence-electron chi connectivity index (χ3n) is 4.83. The predicted molar refractivity (Wildman–Crippen MR) is 94.7 cm³/mol. The molecule has 1 aromatic carbocycles. The highest BCUT2D eigenvalue weighted by Crippen LogP contribution is 2.28. The Kier molecular flexibility index (Phi) is 6.94. The number of ether oxygens (including phenoxy) is 1. The minimum absolute atomic E-state index is 0.0222. The van der Waals surface area contributed by atoms with Gasteiger partial charge in [0.25, 0.3) is 0 Å². The van der Waals surface area contributed by atoms with Crippen molar-refractivity contribution in [1.29, 1.82) is 0 Å². The van der Waals surface area contributed by atoms with Gasteiger partial charge in [-0.1, -0.05) is 0 Å². The summed E-state index contributed by atoms with van der Waals surface area (Å²) in [6, 6.07) is 2.33. The SMILES string of the molecule is Fc1ccc(F)c(F)c1.N[C@@H]1COC[C@H](N2CCc3nc(C(F)(F)F)ncc3C2)C1. The molecule has 1 saturated heterocycles. The summed E-state index contributed by atoms with van der Waals surface area (Å²) in [5.41, 5.74) is 7.15. The minimum Gasteiger partial charge on any atom is -0.378 e. The monoisotopic (exact) mass is 434 g/mol. The maximum atomic E-state index is 12.6. The lowest BCUT2D eigenvalue weighted by atomic mass is 10.00. The van der Waals surface area contributed by atoms with Gasteiger partial charge in [-0.2, -0.15) is 13.2 Å². The average molecular weight is 434 g/mol. The average Bonchev–Trinajstić information content (AvgIpc) is 2.70. The van der Waals surface area contributed by atoms with E-state index in [0.717, 1.165) is 24.1 Å². The van der Waals surface area contributed by atoms with Crippen LogP contribution < -0.4 is 5.73 Å². The maximum Gasteiger partial charge on any atom is 0.451 e. The third-order valence-corrected chi connectivity index (χ3v) is 4.83. The molecule has 2 N–H and O–H groups in total. The molecule has 11 heteroatoms. The summed E-state index contributed by atoms with van der Waals surface area (Å²) >= 11 is 0. The van der Waals surface area contributed by atoms with Crippen LogP contribution in [0.4, 0.5) is 26.3 Å². The summed E-state index contributed by atoms with van der Waals surface area (Å²) in [6.07, 6.45) is -1.86. The number of hydrogen-bond acceptors (Lipinski definition) is 5. The number of nitrogens with zero attached hydrogens (tertiary/aromatic N) is 3. The van der Waals surface area contributed by atoms with Crippen LogP contribution in [0, 0.1) is 17.5 Å². The molecular weight excluding hydrogens is 414 g/mol. The number of halogens is 6. The molecule has 0 radical (unpaired) electrons. The number of alkyl halides is 3. The summed E-state index contributed by atoms with van der Waals surface area (Å²) in [5, 5.41) is 0. The number of aromatic nitrogens is 2. The topological polar surface area (TPSA) is 64.3 Å². The molecule has 4 rings (SSSR count). The molecule has 0 aliphatic carbocycles. The zero-order valence-corrected chi connectivity index (χ0v) is 15.8. The van der Waals surface area contributed by atoms with Gasteiger partial charge < -0.3 is 10.5 Å². The second-order valence-electron chi connectivity index (χ2n) is 7.13. The number of benzene rings is 1. The first-order chi connectivity index (χ1) is 14.1. The fourth-order valence-corrected chi connectivity index (χ4v) is 3.35. The minimum atomic E-state index is -4.49. The van der Waals surface area contributed by atoms with Gasteiger partial charge in [0.1, 0.15) is 5.82 Å². The van der Waals surface area contributed by atoms with Crippen molar-refractivity contribution in [3.63, 3.8) is 0 Å². The van der Waals surface area contributed by atoms with E-state index >= 15 is 0 Å². The molecule has 0 bridgehead atoms. The third kappa shape index (κ3) is 5.67. The van der Waals surface area contributed by atoms with Gasteiger partial charge in [-0.25, -0.2) is 23.1 Å². The van der Waals surface area contributed by atoms with Crippen LogP contribution in [0.3, 0.4) is 0 Å². The lowest BCUT2D eigenvalue weighted by Gasteiger charge is -2.38. The van der Waals surface area contributed by atoms with Crippen LogP contribution in [0.2, 0.25) is 0 Å². The van der Waals surface area contributed by atoms with Crippen LogP contribution in [0.25, 0.3) is 0 Å². The highest BCUT2D eigenvalue weighted by atomic mass is 19.4. The number of fused-ring (bicyclic) bond motifs is 1. The molecular formula is C19H20F6N4O. The smallest absolute Gasteiger partial charge is 0.378 e. The molecule has 1 fully saturated rings. The van der Waals surface area contributed by atoms with E-state index in [0.29, 0.717) is 44.5 Å². The quantitative estimate of drug-likeness (QED) is 0.552. The Labute approximate surface area is 168 Å². The summed E-state index contributed by atoms with van der Waals surface area (Å²) in [7, 11) is 0. The summed E-state index contributed by atoms with van der Waals surface area (Å²) in [6.45, 7) is 2.40. The molecule has 2 aliphatic heterocycles. The van der Waals surface area contributed by atoms with E-state index in [-0.39, 0.29) is 12.1 Å². The number of hydrogen-bond donors (Lipinski definition) is 1. The van der Waals surface area contributed by atoms with Crippen LogP contribution in [0.15, 0.2) is 24.4 Å². The van der Waals surface area contributed by atoms with Crippen molar-refractivity contribution in [2.75, 3.05) is 19.8 Å². The Bertz CT molecular complexity index is 879. The van der Waals surface area contributed by atoms with Gasteiger partial charge in [0, 0.05) is 49.4 Å². The van der Waals surface area contributed by atoms with Gasteiger partial charge in [-0.3, -0.25) is 4.90 Å². The molecule has 164 valence electrons. The Morgan fingerprint density at radius 1 is 1.10 bits per heavy atom. The largest absolute Gasteiger partial charge is 0.451 e. The van der Waals surface area contributed by atoms with E-state index < -0.39 is 29.5 Å². The zero-order valence-electron chi connectivity index (χ0n) is 15.8. The van der Waals surface area contributed by atoms with Gasteiger partial charge in [0.15, 0.2) is 11.6 Å². The maximum absolute atomic E-state index is 12.6. The zero-order chi connectivity index (χ0) is 21.9. The van der Waals surface area contributed by atoms with Crippen molar-refractivity contribution >= 4 is 0 Å². The first-order valence-corrected chi connectivity index (χ1v) is 9.23. The Balaban J connectivity index is 0.000000239. The van der Waals surface area contributed by atoms with Gasteiger partial charge in [-0.05, 0) is 18.6 Å². The van der Waals surface area contributed by atoms with Crippen molar-refractivity contribution in [3.05, 3.63) is 58.9 Å². The second-order valence-corrected chi connectivity index (χ2v) is 7.13. The molecule has 0 unspecified atom stereocenters. The first-order valence-electron chi connectivity index (χ1n) is 9.23. The molecule has 3 heterocycles. The molecule has 1 aromatic heterocycles. The lowest BCUT2D eigenvalue weighted by Crippen LogP contribution is -2.49. The standard InChI is InChI=1S/C13H17F3N4O.C6H3F3/c14-13(15,16)12-18-4-8-5-20(2-1-11(8)19-12)10-3-9(17)6-21-7-10;7-4-1-2-5(8)6(9)3-4/h4,9-10H,1-3,5-7,17H2;1-3H/t9-,10+;/m0./s1. The highest BCUT2D eigenvalue weighted by molar-refractivity contribution is 5.21. The van der Waals surface area contributed by atoms with Crippen molar-refractivity contribution < 1.29 is 31.1 Å². The van der Waals surface area contributed by atoms with Gasteiger partial charge in [0.05, 0.1) is 18.9 Å². The molecule has 2 aromatic rings. The summed E-state index contributed by atoms with van der Waals surface area (Å²) in [5.74, 6) is -4.02. The van der Waals surface area contributed by atoms with Crippen molar-refractivity contribution in [1.82, 2.24) is 14.9 Å². The fraction of sp³-hybridized carbons (Fsp3) is 0.474. The molecule has 2 atom stereocenters. The van der Waals surface area contributed by atoms with E-state index in [1.54, 1.807) is 0 Å². The molecule has 30 heavy (non-hydrogen) atoms. The molecule has 5 nitrogen and oxygen atoms in total. The van der Waals surface area contributed by atoms with E-state index in [1.165, 1.54) is 6.20 Å². The molecule has 0 amide bonds. The summed E-state index contributed by atoms with van der Waals surface area (Å²) in [4.78, 5) is 9.29. The Morgan fingerprint density at radius 3 is 2.50 bits per heavy atom. The number of rotatable bonds is 1. The normalized spacial score (nSPS) is 22.1. The Morgan fingerprint density at radius 2 is 1.87 bits per heavy atom. The first kappa shape index (κ1) is 22.4. The number of nitrogens with two attached hydrogens (primary N) is 1. The van der Waals surface area contributed by atoms with Crippen molar-refractivity contribution in [2.24, 2.45) is 5.73 Å². The lowest BCUT2D eigenvalue weighted by molar-refractivity contribution is -0.145. The van der Waals surface area contributed by atoms with E-state index in [1.807, 2.05) is 0 Å². The van der Waals surface area contributed by atoms with Crippen molar-refractivity contribution in [2.45, 2.75) is 37.6 Å². The van der Waals surface area contributed by atoms with Crippen LogP contribution >= 0.6 is 0 Å². The fourth-order valence-electron chi connectivity index (χ4n) is 3.35. The van der Waals surface area contributed by atoms with E-state index in [4.69, 9.17) is 10.5 Å². The molecule has 0 saturated carbocycles. The summed E-state index contributed by atoms with van der Waals surface area (Å²) < 4.78 is 79.1. The van der Waals surface area contributed by atoms with Crippen LogP contribution in [0.5, 0.6) is 0 Å². The van der Waals surface area contributed by atoms with Gasteiger partial charge in [0.2, 0.25) is 5.82 Å². The Hall–Kier alpha value is -2.24. The van der Waals surface area contributed by atoms with E-state index in [9.17, 15) is 26.3 Å². The van der Waals surface area contributed by atoms with Crippen LogP contribution in [-0.4, -0.2) is 46.7 Å². The second kappa shape index (κ2) is 9.27. The van der Waals surface area contributed by atoms with E-state index in [2.05, 4.69) is 14.9 Å². The molecule has 2 aliphatic rings. The molecule has 0 spiro atoms. The van der Waals surface area contributed by atoms with Crippen LogP contribution in [-0.2, 0) is 23.9 Å². The predicted octanol–water partition coefficient (Wildman–Crippen LogP) is 3.07. The highest BCUT2D eigenvalue weighted by Gasteiger charge is 2.36. The van der Waals surface area contributed by atoms with Crippen molar-refractivity contribution in [3.8, 4) is 0 Å². The van der Waals surface area contributed by atoms with Gasteiger partial charge >= 0.3 is 6.18 Å². The van der Waals surface area contributed by atoms with Crippen LogP contribution in [0.1, 0.15) is 23.5 Å².